The minimum atomic E-state index is -4.19. The average molecular weight is 556 g/mol. The molecule has 174 valence electrons. The van der Waals surface area contributed by atoms with E-state index < -0.39 is 27.3 Å². The Labute approximate surface area is 190 Å². The van der Waals surface area contributed by atoms with Gasteiger partial charge in [0, 0.05) is 26.2 Å². The van der Waals surface area contributed by atoms with Gasteiger partial charge in [-0.2, -0.15) is 13.2 Å². The summed E-state index contributed by atoms with van der Waals surface area (Å²) >= 11 is 0. The molecule has 0 aromatic carbocycles. The van der Waals surface area contributed by atoms with Gasteiger partial charge in [-0.05, 0) is 46.6 Å². The lowest BCUT2D eigenvalue weighted by atomic mass is 10.1. The number of hydrogen-bond acceptors (Lipinski definition) is 4. The summed E-state index contributed by atoms with van der Waals surface area (Å²) in [6.07, 6.45) is -3.40. The van der Waals surface area contributed by atoms with Gasteiger partial charge in [0.1, 0.15) is 0 Å². The summed E-state index contributed by atoms with van der Waals surface area (Å²) in [5.41, 5.74) is 0. The summed E-state index contributed by atoms with van der Waals surface area (Å²) in [5, 5.41) is 3.16. The molecule has 1 rings (SSSR count). The van der Waals surface area contributed by atoms with E-state index in [0.717, 1.165) is 6.42 Å². The smallest absolute Gasteiger partial charge is 0.357 e. The van der Waals surface area contributed by atoms with Gasteiger partial charge in [-0.3, -0.25) is 9.89 Å². The molecule has 6 nitrogen and oxygen atoms in total. The molecule has 0 aromatic heterocycles. The lowest BCUT2D eigenvalue weighted by molar-refractivity contribution is -0.146. The van der Waals surface area contributed by atoms with E-state index >= 15 is 0 Å². The van der Waals surface area contributed by atoms with E-state index in [9.17, 15) is 21.6 Å². The molecule has 1 atom stereocenters. The molecular weight excluding hydrogens is 520 g/mol. The van der Waals surface area contributed by atoms with Crippen LogP contribution in [0, 0.1) is 5.92 Å². The summed E-state index contributed by atoms with van der Waals surface area (Å²) < 4.78 is 61.6. The average Bonchev–Trinajstić information content (AvgIpc) is 2.99. The molecular formula is C18H36F3IN4O2S. The zero-order valence-electron chi connectivity index (χ0n) is 18.0. The molecule has 0 spiro atoms. The van der Waals surface area contributed by atoms with Crippen LogP contribution in [0.25, 0.3) is 0 Å². The molecule has 1 unspecified atom stereocenters. The van der Waals surface area contributed by atoms with Crippen LogP contribution >= 0.6 is 24.0 Å². The molecule has 1 saturated heterocycles. The number of nitrogens with zero attached hydrogens (tertiary/aromatic N) is 3. The summed E-state index contributed by atoms with van der Waals surface area (Å²) in [6.45, 7) is 10.7. The van der Waals surface area contributed by atoms with Gasteiger partial charge in [0.05, 0.1) is 23.6 Å². The van der Waals surface area contributed by atoms with Gasteiger partial charge in [0.25, 0.3) is 0 Å². The highest BCUT2D eigenvalue weighted by Gasteiger charge is 2.33. The van der Waals surface area contributed by atoms with Crippen molar-refractivity contribution in [2.45, 2.75) is 52.0 Å². The minimum absolute atomic E-state index is 0. The standard InChI is InChI=1S/C18H35F3N4O2S.HI/c1-6-22-16(23-9-11-28(26,27)17(3,4)5)25-10-8-15(13-25)12-24(7-2)14-18(19,20)21;/h15H,6-14H2,1-5H3,(H,22,23);1H. The molecule has 11 heteroatoms. The number of hydrogen-bond donors (Lipinski definition) is 1. The fourth-order valence-electron chi connectivity index (χ4n) is 3.10. The Morgan fingerprint density at radius 2 is 1.86 bits per heavy atom. The van der Waals surface area contributed by atoms with Crippen LogP contribution < -0.4 is 5.32 Å². The van der Waals surface area contributed by atoms with Gasteiger partial charge < -0.3 is 10.2 Å². The zero-order valence-corrected chi connectivity index (χ0v) is 21.2. The van der Waals surface area contributed by atoms with Gasteiger partial charge in [0.15, 0.2) is 15.8 Å². The Kier molecular flexibility index (Phi) is 11.8. The molecule has 0 radical (unpaired) electrons. The highest BCUT2D eigenvalue weighted by molar-refractivity contribution is 14.0. The highest BCUT2D eigenvalue weighted by atomic mass is 127. The number of likely N-dealkylation sites (tertiary alicyclic amines) is 1. The number of aliphatic imine (C=N–C) groups is 1. The molecule has 0 saturated carbocycles. The number of nitrogens with one attached hydrogen (secondary N) is 1. The van der Waals surface area contributed by atoms with Crippen LogP contribution in [0.1, 0.15) is 41.0 Å². The van der Waals surface area contributed by atoms with Crippen molar-refractivity contribution in [2.75, 3.05) is 51.6 Å². The summed E-state index contributed by atoms with van der Waals surface area (Å²) in [7, 11) is -3.25. The zero-order chi connectivity index (χ0) is 21.6. The topological polar surface area (TPSA) is 65.0 Å². The van der Waals surface area contributed by atoms with E-state index in [1.54, 1.807) is 27.7 Å². The molecule has 1 N–H and O–H groups in total. The van der Waals surface area contributed by atoms with E-state index in [2.05, 4.69) is 10.3 Å². The maximum absolute atomic E-state index is 12.7. The molecule has 1 fully saturated rings. The quantitative estimate of drug-likeness (QED) is 0.283. The number of guanidine groups is 1. The Bertz CT molecular complexity index is 622. The Morgan fingerprint density at radius 1 is 1.24 bits per heavy atom. The van der Waals surface area contributed by atoms with Crippen LogP contribution in [-0.2, 0) is 9.84 Å². The minimum Gasteiger partial charge on any atom is -0.357 e. The van der Waals surface area contributed by atoms with Crippen molar-refractivity contribution in [1.82, 2.24) is 15.1 Å². The third-order valence-electron chi connectivity index (χ3n) is 4.84. The van der Waals surface area contributed by atoms with Crippen LogP contribution in [0.5, 0.6) is 0 Å². The van der Waals surface area contributed by atoms with E-state index in [-0.39, 0.29) is 42.2 Å². The van der Waals surface area contributed by atoms with Crippen molar-refractivity contribution in [3.05, 3.63) is 0 Å². The van der Waals surface area contributed by atoms with E-state index in [0.29, 0.717) is 38.7 Å². The van der Waals surface area contributed by atoms with Crippen LogP contribution in [0.3, 0.4) is 0 Å². The summed E-state index contributed by atoms with van der Waals surface area (Å²) in [6, 6.07) is 0. The first kappa shape index (κ1) is 28.7. The number of sulfone groups is 1. The van der Waals surface area contributed by atoms with E-state index in [1.165, 1.54) is 4.90 Å². The van der Waals surface area contributed by atoms with E-state index in [4.69, 9.17) is 0 Å². The number of halogens is 4. The molecule has 0 aromatic rings. The van der Waals surface area contributed by atoms with E-state index in [1.807, 2.05) is 11.8 Å². The van der Waals surface area contributed by atoms with Crippen molar-refractivity contribution in [2.24, 2.45) is 10.9 Å². The molecule has 1 aliphatic heterocycles. The first-order valence-electron chi connectivity index (χ1n) is 9.83. The Morgan fingerprint density at radius 3 is 2.34 bits per heavy atom. The lowest BCUT2D eigenvalue weighted by Crippen LogP contribution is -2.42. The molecule has 0 bridgehead atoms. The number of alkyl halides is 3. The largest absolute Gasteiger partial charge is 0.401 e. The molecule has 0 aliphatic carbocycles. The third kappa shape index (κ3) is 10.0. The van der Waals surface area contributed by atoms with Crippen LogP contribution in [0.2, 0.25) is 0 Å². The predicted molar refractivity (Wildman–Crippen MR) is 123 cm³/mol. The van der Waals surface area contributed by atoms with Crippen molar-refractivity contribution in [3.8, 4) is 0 Å². The molecule has 0 amide bonds. The second kappa shape index (κ2) is 11.9. The normalized spacial score (nSPS) is 18.9. The second-order valence-electron chi connectivity index (χ2n) is 8.21. The Balaban J connectivity index is 0.00000784. The second-order valence-corrected chi connectivity index (χ2v) is 11.1. The van der Waals surface area contributed by atoms with Gasteiger partial charge in [-0.25, -0.2) is 8.42 Å². The summed E-state index contributed by atoms with van der Waals surface area (Å²) in [4.78, 5) is 7.88. The van der Waals surface area contributed by atoms with Crippen LogP contribution in [0.15, 0.2) is 4.99 Å². The maximum Gasteiger partial charge on any atom is 0.401 e. The van der Waals surface area contributed by atoms with Gasteiger partial charge in [-0.1, -0.05) is 6.92 Å². The summed E-state index contributed by atoms with van der Waals surface area (Å²) in [5.74, 6) is 0.732. The Hall–Kier alpha value is -0.300. The first-order valence-corrected chi connectivity index (χ1v) is 11.5. The first-order chi connectivity index (χ1) is 12.8. The lowest BCUT2D eigenvalue weighted by Gasteiger charge is -2.26. The molecule has 1 heterocycles. The SMILES string of the molecule is CCNC(=NCCS(=O)(=O)C(C)(C)C)N1CCC(CN(CC)CC(F)(F)F)C1.I. The van der Waals surface area contributed by atoms with Crippen LogP contribution in [-0.4, -0.2) is 86.7 Å². The highest BCUT2D eigenvalue weighted by Crippen LogP contribution is 2.21. The van der Waals surface area contributed by atoms with Crippen LogP contribution in [0.4, 0.5) is 13.2 Å². The number of rotatable bonds is 8. The monoisotopic (exact) mass is 556 g/mol. The molecule has 1 aliphatic rings. The fraction of sp³-hybridized carbons (Fsp3) is 0.944. The van der Waals surface area contributed by atoms with Crippen molar-refractivity contribution < 1.29 is 21.6 Å². The predicted octanol–water partition coefficient (Wildman–Crippen LogP) is 2.99. The van der Waals surface area contributed by atoms with Gasteiger partial charge in [-0.15, -0.1) is 24.0 Å². The molecule has 29 heavy (non-hydrogen) atoms. The van der Waals surface area contributed by atoms with Crippen molar-refractivity contribution >= 4 is 39.8 Å². The van der Waals surface area contributed by atoms with Gasteiger partial charge >= 0.3 is 6.18 Å². The van der Waals surface area contributed by atoms with Crippen molar-refractivity contribution in [1.29, 1.82) is 0 Å². The maximum atomic E-state index is 12.7. The van der Waals surface area contributed by atoms with Crippen molar-refractivity contribution in [3.63, 3.8) is 0 Å². The fourth-order valence-corrected chi connectivity index (χ4v) is 4.05. The third-order valence-corrected chi connectivity index (χ3v) is 7.43. The van der Waals surface area contributed by atoms with Gasteiger partial charge in [0.2, 0.25) is 0 Å².